The van der Waals surface area contributed by atoms with E-state index in [0.717, 1.165) is 5.56 Å². The summed E-state index contributed by atoms with van der Waals surface area (Å²) in [5, 5.41) is 2.85. The van der Waals surface area contributed by atoms with Gasteiger partial charge in [0.1, 0.15) is 17.3 Å². The summed E-state index contributed by atoms with van der Waals surface area (Å²) >= 11 is 0. The van der Waals surface area contributed by atoms with Crippen LogP contribution in [0.5, 0.6) is 11.5 Å². The number of nitroso groups, excluding NO2 is 1. The second kappa shape index (κ2) is 6.27. The molecule has 0 N–H and O–H groups in total. The molecule has 3 rings (SSSR count). The Balaban J connectivity index is 1.99. The van der Waals surface area contributed by atoms with Gasteiger partial charge in [0.2, 0.25) is 0 Å². The van der Waals surface area contributed by atoms with Crippen LogP contribution in [-0.2, 0) is 11.3 Å². The first-order valence-electron chi connectivity index (χ1n) is 7.22. The lowest BCUT2D eigenvalue weighted by Crippen LogP contribution is -2.27. The van der Waals surface area contributed by atoms with Crippen LogP contribution in [0.4, 0.5) is 10.1 Å². The molecule has 0 aromatic heterocycles. The molecule has 0 aliphatic carbocycles. The number of methoxy groups -OCH3 is 2. The van der Waals surface area contributed by atoms with Crippen LogP contribution in [0.3, 0.4) is 0 Å². The molecule has 0 radical (unpaired) electrons. The summed E-state index contributed by atoms with van der Waals surface area (Å²) in [4.78, 5) is 24.9. The molecule has 0 saturated carbocycles. The molecule has 1 atom stereocenters. The monoisotopic (exact) mass is 330 g/mol. The van der Waals surface area contributed by atoms with Gasteiger partial charge in [-0.2, -0.15) is 0 Å². The summed E-state index contributed by atoms with van der Waals surface area (Å²) in [6, 6.07) is 7.92. The van der Waals surface area contributed by atoms with Crippen LogP contribution in [-0.4, -0.2) is 20.1 Å². The molecule has 1 aliphatic heterocycles. The summed E-state index contributed by atoms with van der Waals surface area (Å²) in [5.41, 5.74) is 1.51. The summed E-state index contributed by atoms with van der Waals surface area (Å²) in [6.45, 7) is 0.192. The van der Waals surface area contributed by atoms with E-state index in [1.807, 2.05) is 0 Å². The van der Waals surface area contributed by atoms with Crippen LogP contribution in [0.2, 0.25) is 0 Å². The first-order chi connectivity index (χ1) is 11.6. The molecule has 7 heteroatoms. The number of hydrogen-bond donors (Lipinski definition) is 0. The quantitative estimate of drug-likeness (QED) is 0.790. The van der Waals surface area contributed by atoms with Gasteiger partial charge >= 0.3 is 0 Å². The van der Waals surface area contributed by atoms with E-state index in [-0.39, 0.29) is 12.1 Å². The van der Waals surface area contributed by atoms with E-state index in [2.05, 4.69) is 5.18 Å². The Morgan fingerprint density at radius 2 is 1.79 bits per heavy atom. The second-order valence-corrected chi connectivity index (χ2v) is 5.36. The molecule has 0 saturated heterocycles. The Kier molecular flexibility index (Phi) is 4.16. The van der Waals surface area contributed by atoms with Crippen molar-refractivity contribution in [3.05, 3.63) is 58.2 Å². The minimum absolute atomic E-state index is 0.192. The standard InChI is InChI=1S/C17H15FN2O4/c1-23-12-5-10(6-13(8-12)24-2)9-20-15-4-3-11(18)7-14(15)16(19-22)17(20)21/h3-8,16H,9H2,1-2H3. The van der Waals surface area contributed by atoms with Crippen molar-refractivity contribution in [2.45, 2.75) is 12.6 Å². The van der Waals surface area contributed by atoms with E-state index in [9.17, 15) is 14.1 Å². The fourth-order valence-corrected chi connectivity index (χ4v) is 2.79. The highest BCUT2D eigenvalue weighted by atomic mass is 19.1. The number of amides is 1. The van der Waals surface area contributed by atoms with Gasteiger partial charge in [0.05, 0.1) is 26.5 Å². The lowest BCUT2D eigenvalue weighted by molar-refractivity contribution is -0.119. The highest BCUT2D eigenvalue weighted by Gasteiger charge is 2.38. The van der Waals surface area contributed by atoms with Crippen molar-refractivity contribution in [3.8, 4) is 11.5 Å². The van der Waals surface area contributed by atoms with Crippen molar-refractivity contribution in [1.29, 1.82) is 0 Å². The van der Waals surface area contributed by atoms with Crippen LogP contribution < -0.4 is 14.4 Å². The number of rotatable bonds is 5. The number of carbonyl (C=O) groups is 1. The van der Waals surface area contributed by atoms with E-state index < -0.39 is 17.8 Å². The molecule has 6 nitrogen and oxygen atoms in total. The van der Waals surface area contributed by atoms with E-state index >= 15 is 0 Å². The Morgan fingerprint density at radius 3 is 2.38 bits per heavy atom. The first kappa shape index (κ1) is 15.9. The van der Waals surface area contributed by atoms with E-state index in [1.165, 1.54) is 37.3 Å². The Morgan fingerprint density at radius 1 is 1.12 bits per heavy atom. The van der Waals surface area contributed by atoms with Crippen molar-refractivity contribution in [2.24, 2.45) is 5.18 Å². The molecule has 1 aliphatic rings. The van der Waals surface area contributed by atoms with Gasteiger partial charge in [-0.1, -0.05) is 5.18 Å². The second-order valence-electron chi connectivity index (χ2n) is 5.36. The molecule has 2 aromatic carbocycles. The van der Waals surface area contributed by atoms with Crippen LogP contribution in [0.15, 0.2) is 41.6 Å². The molecular formula is C17H15FN2O4. The predicted molar refractivity (Wildman–Crippen MR) is 85.7 cm³/mol. The fourth-order valence-electron chi connectivity index (χ4n) is 2.79. The van der Waals surface area contributed by atoms with Gasteiger partial charge in [-0.25, -0.2) is 4.39 Å². The fraction of sp³-hybridized carbons (Fsp3) is 0.235. The highest BCUT2D eigenvalue weighted by Crippen LogP contribution is 2.39. The molecule has 124 valence electrons. The normalized spacial score (nSPS) is 16.0. The maximum absolute atomic E-state index is 13.4. The summed E-state index contributed by atoms with van der Waals surface area (Å²) in [6.07, 6.45) is 0. The predicted octanol–water partition coefficient (Wildman–Crippen LogP) is 3.20. The number of hydrogen-bond acceptors (Lipinski definition) is 5. The van der Waals surface area contributed by atoms with E-state index in [0.29, 0.717) is 17.2 Å². The topological polar surface area (TPSA) is 68.2 Å². The Bertz CT molecular complexity index is 787. The molecule has 0 spiro atoms. The summed E-state index contributed by atoms with van der Waals surface area (Å²) < 4.78 is 23.9. The Hall–Kier alpha value is -2.96. The van der Waals surface area contributed by atoms with Gasteiger partial charge in [-0.05, 0) is 35.9 Å². The van der Waals surface area contributed by atoms with Gasteiger partial charge in [0.15, 0.2) is 6.04 Å². The van der Waals surface area contributed by atoms with Gasteiger partial charge < -0.3 is 14.4 Å². The molecule has 1 unspecified atom stereocenters. The zero-order chi connectivity index (χ0) is 17.3. The largest absolute Gasteiger partial charge is 0.497 e. The minimum Gasteiger partial charge on any atom is -0.497 e. The SMILES string of the molecule is COc1cc(CN2C(=O)C(N=O)c3cc(F)ccc32)cc(OC)c1. The van der Waals surface area contributed by atoms with Crippen molar-refractivity contribution < 1.29 is 18.7 Å². The maximum Gasteiger partial charge on any atom is 0.260 e. The van der Waals surface area contributed by atoms with Gasteiger partial charge in [-0.15, -0.1) is 4.91 Å². The minimum atomic E-state index is -1.22. The van der Waals surface area contributed by atoms with Gasteiger partial charge in [0.25, 0.3) is 5.91 Å². The number of halogens is 1. The molecule has 1 amide bonds. The zero-order valence-electron chi connectivity index (χ0n) is 13.2. The van der Waals surface area contributed by atoms with Crippen LogP contribution in [0, 0.1) is 10.7 Å². The Labute approximate surface area is 137 Å². The third-order valence-corrected chi connectivity index (χ3v) is 3.93. The third-order valence-electron chi connectivity index (χ3n) is 3.93. The molecule has 2 aromatic rings. The average molecular weight is 330 g/mol. The van der Waals surface area contributed by atoms with Crippen LogP contribution >= 0.6 is 0 Å². The molecular weight excluding hydrogens is 315 g/mol. The van der Waals surface area contributed by atoms with E-state index in [1.54, 1.807) is 18.2 Å². The lowest BCUT2D eigenvalue weighted by atomic mass is 10.1. The zero-order valence-corrected chi connectivity index (χ0v) is 13.2. The molecule has 0 fully saturated rings. The number of fused-ring (bicyclic) bond motifs is 1. The van der Waals surface area contributed by atoms with Gasteiger partial charge in [-0.3, -0.25) is 4.79 Å². The molecule has 0 bridgehead atoms. The van der Waals surface area contributed by atoms with Crippen LogP contribution in [0.25, 0.3) is 0 Å². The van der Waals surface area contributed by atoms with Crippen LogP contribution in [0.1, 0.15) is 17.2 Å². The number of anilines is 1. The lowest BCUT2D eigenvalue weighted by Gasteiger charge is -2.18. The number of benzene rings is 2. The van der Waals surface area contributed by atoms with E-state index in [4.69, 9.17) is 9.47 Å². The van der Waals surface area contributed by atoms with Crippen molar-refractivity contribution in [1.82, 2.24) is 0 Å². The molecule has 1 heterocycles. The summed E-state index contributed by atoms with van der Waals surface area (Å²) in [5.74, 6) is 0.174. The number of nitrogens with zero attached hydrogens (tertiary/aromatic N) is 2. The smallest absolute Gasteiger partial charge is 0.260 e. The van der Waals surface area contributed by atoms with Crippen molar-refractivity contribution in [3.63, 3.8) is 0 Å². The van der Waals surface area contributed by atoms with Gasteiger partial charge in [0, 0.05) is 11.6 Å². The average Bonchev–Trinajstić information content (AvgIpc) is 2.85. The summed E-state index contributed by atoms with van der Waals surface area (Å²) in [7, 11) is 3.06. The highest BCUT2D eigenvalue weighted by molar-refractivity contribution is 6.04. The number of carbonyl (C=O) groups excluding carboxylic acids is 1. The maximum atomic E-state index is 13.4. The number of ether oxygens (including phenoxy) is 2. The van der Waals surface area contributed by atoms with Crippen molar-refractivity contribution >= 4 is 11.6 Å². The third kappa shape index (κ3) is 2.68. The van der Waals surface area contributed by atoms with Crippen molar-refractivity contribution in [2.75, 3.05) is 19.1 Å². The molecule has 24 heavy (non-hydrogen) atoms. The first-order valence-corrected chi connectivity index (χ1v) is 7.22.